The van der Waals surface area contributed by atoms with Gasteiger partial charge in [-0.2, -0.15) is 0 Å². The number of aromatic nitrogens is 1. The Labute approximate surface area is 64.4 Å². The Bertz CT molecular complexity index is 223. The minimum absolute atomic E-state index is 0.235. The van der Waals surface area contributed by atoms with Crippen molar-refractivity contribution in [1.82, 2.24) is 5.16 Å². The molecule has 0 unspecified atom stereocenters. The maximum atomic E-state index is 9.00. The van der Waals surface area contributed by atoms with Gasteiger partial charge in [-0.05, 0) is 6.42 Å². The van der Waals surface area contributed by atoms with Gasteiger partial charge in [-0.15, -0.1) is 0 Å². The van der Waals surface area contributed by atoms with E-state index in [0.29, 0.717) is 12.2 Å². The minimum atomic E-state index is -0.235. The lowest BCUT2D eigenvalue weighted by Gasteiger charge is -2.13. The van der Waals surface area contributed by atoms with E-state index in [1.165, 1.54) is 11.2 Å². The molecule has 0 aliphatic rings. The first kappa shape index (κ1) is 7.87. The van der Waals surface area contributed by atoms with E-state index in [1.54, 1.807) is 0 Å². The van der Waals surface area contributed by atoms with Crippen LogP contribution in [0, 0.1) is 0 Å². The molecule has 0 aliphatic heterocycles. The number of hydrazine groups is 1. The van der Waals surface area contributed by atoms with Crippen molar-refractivity contribution >= 4 is 5.69 Å². The summed E-state index contributed by atoms with van der Waals surface area (Å²) in [6, 6.07) is 0. The van der Waals surface area contributed by atoms with Gasteiger partial charge >= 0.3 is 5.95 Å². The summed E-state index contributed by atoms with van der Waals surface area (Å²) in [6.07, 6.45) is 2.28. The van der Waals surface area contributed by atoms with Crippen LogP contribution < -0.4 is 10.9 Å². The molecule has 5 nitrogen and oxygen atoms in total. The fourth-order valence-electron chi connectivity index (χ4n) is 0.787. The molecular formula is C6H11N3O2. The zero-order valence-corrected chi connectivity index (χ0v) is 6.32. The summed E-state index contributed by atoms with van der Waals surface area (Å²) >= 11 is 0. The van der Waals surface area contributed by atoms with E-state index in [2.05, 4.69) is 9.68 Å². The monoisotopic (exact) mass is 157 g/mol. The maximum Gasteiger partial charge on any atom is 0.333 e. The van der Waals surface area contributed by atoms with Gasteiger partial charge in [0.05, 0.1) is 6.20 Å². The Kier molecular flexibility index (Phi) is 2.32. The lowest BCUT2D eigenvalue weighted by Crippen LogP contribution is -2.31. The number of nitrogens with two attached hydrogens (primary N) is 1. The third-order valence-electron chi connectivity index (χ3n) is 1.31. The van der Waals surface area contributed by atoms with Crippen molar-refractivity contribution in [2.45, 2.75) is 13.3 Å². The SMILES string of the molecule is CCCN(N)c1cnoc1O. The molecule has 62 valence electrons. The predicted octanol–water partition coefficient (Wildman–Crippen LogP) is 0.470. The third kappa shape index (κ3) is 1.62. The first-order chi connectivity index (χ1) is 5.25. The summed E-state index contributed by atoms with van der Waals surface area (Å²) in [4.78, 5) is 0. The van der Waals surface area contributed by atoms with E-state index in [9.17, 15) is 0 Å². The van der Waals surface area contributed by atoms with E-state index in [4.69, 9.17) is 10.9 Å². The quantitative estimate of drug-likeness (QED) is 0.492. The normalized spacial score (nSPS) is 10.0. The third-order valence-corrected chi connectivity index (χ3v) is 1.31. The van der Waals surface area contributed by atoms with E-state index >= 15 is 0 Å². The van der Waals surface area contributed by atoms with Crippen molar-refractivity contribution in [3.8, 4) is 5.95 Å². The number of anilines is 1. The highest BCUT2D eigenvalue weighted by atomic mass is 16.5. The fraction of sp³-hybridized carbons (Fsp3) is 0.500. The topological polar surface area (TPSA) is 75.5 Å². The molecule has 0 aliphatic carbocycles. The van der Waals surface area contributed by atoms with Crippen molar-refractivity contribution in [2.24, 2.45) is 5.84 Å². The van der Waals surface area contributed by atoms with Crippen LogP contribution in [-0.4, -0.2) is 16.8 Å². The van der Waals surface area contributed by atoms with Crippen LogP contribution in [0.3, 0.4) is 0 Å². The largest absolute Gasteiger partial charge is 0.478 e. The average molecular weight is 157 g/mol. The van der Waals surface area contributed by atoms with Crippen molar-refractivity contribution in [3.63, 3.8) is 0 Å². The average Bonchev–Trinajstić information content (AvgIpc) is 2.36. The van der Waals surface area contributed by atoms with Crippen molar-refractivity contribution in [3.05, 3.63) is 6.20 Å². The van der Waals surface area contributed by atoms with Gasteiger partial charge in [-0.1, -0.05) is 12.1 Å². The van der Waals surface area contributed by atoms with E-state index in [1.807, 2.05) is 6.92 Å². The molecule has 0 amide bonds. The predicted molar refractivity (Wildman–Crippen MR) is 40.0 cm³/mol. The highest BCUT2D eigenvalue weighted by molar-refractivity contribution is 5.49. The summed E-state index contributed by atoms with van der Waals surface area (Å²) in [5.41, 5.74) is 0.423. The van der Waals surface area contributed by atoms with Crippen LogP contribution in [-0.2, 0) is 0 Å². The van der Waals surface area contributed by atoms with Crippen LogP contribution in [0.5, 0.6) is 5.95 Å². The van der Waals surface area contributed by atoms with Gasteiger partial charge in [0.2, 0.25) is 0 Å². The zero-order chi connectivity index (χ0) is 8.27. The minimum Gasteiger partial charge on any atom is -0.478 e. The molecule has 0 aromatic carbocycles. The molecule has 0 saturated carbocycles. The molecule has 0 bridgehead atoms. The number of aromatic hydroxyl groups is 1. The van der Waals surface area contributed by atoms with E-state index in [-0.39, 0.29) is 5.95 Å². The van der Waals surface area contributed by atoms with Crippen LogP contribution in [0.25, 0.3) is 0 Å². The Morgan fingerprint density at radius 3 is 3.00 bits per heavy atom. The Morgan fingerprint density at radius 2 is 2.55 bits per heavy atom. The molecule has 11 heavy (non-hydrogen) atoms. The fourth-order valence-corrected chi connectivity index (χ4v) is 0.787. The van der Waals surface area contributed by atoms with E-state index < -0.39 is 0 Å². The van der Waals surface area contributed by atoms with Gasteiger partial charge in [0.15, 0.2) is 5.69 Å². The highest BCUT2D eigenvalue weighted by Crippen LogP contribution is 2.23. The zero-order valence-electron chi connectivity index (χ0n) is 6.32. The van der Waals surface area contributed by atoms with Crippen LogP contribution in [0.2, 0.25) is 0 Å². The maximum absolute atomic E-state index is 9.00. The second-order valence-electron chi connectivity index (χ2n) is 2.21. The van der Waals surface area contributed by atoms with Crippen LogP contribution in [0.1, 0.15) is 13.3 Å². The lowest BCUT2D eigenvalue weighted by molar-refractivity contribution is 0.278. The summed E-state index contributed by atoms with van der Waals surface area (Å²) in [5, 5.41) is 13.8. The van der Waals surface area contributed by atoms with Gasteiger partial charge in [0.25, 0.3) is 0 Å². The smallest absolute Gasteiger partial charge is 0.333 e. The molecule has 0 saturated heterocycles. The molecule has 0 radical (unpaired) electrons. The molecule has 3 N–H and O–H groups in total. The Hall–Kier alpha value is -1.23. The van der Waals surface area contributed by atoms with Gasteiger partial charge in [-0.25, -0.2) is 5.84 Å². The first-order valence-electron chi connectivity index (χ1n) is 3.41. The number of nitrogens with zero attached hydrogens (tertiary/aromatic N) is 2. The van der Waals surface area contributed by atoms with Crippen LogP contribution in [0.4, 0.5) is 5.69 Å². The summed E-state index contributed by atoms with van der Waals surface area (Å²) in [5.74, 6) is 5.29. The molecular weight excluding hydrogens is 146 g/mol. The van der Waals surface area contributed by atoms with Crippen molar-refractivity contribution in [1.29, 1.82) is 0 Å². The van der Waals surface area contributed by atoms with Crippen LogP contribution >= 0.6 is 0 Å². The number of rotatable bonds is 3. The summed E-state index contributed by atoms with van der Waals surface area (Å²) in [6.45, 7) is 2.65. The van der Waals surface area contributed by atoms with Gasteiger partial charge < -0.3 is 14.6 Å². The second kappa shape index (κ2) is 3.25. The number of hydrogen-bond acceptors (Lipinski definition) is 5. The molecule has 5 heteroatoms. The summed E-state index contributed by atoms with van der Waals surface area (Å²) < 4.78 is 4.42. The molecule has 1 aromatic heterocycles. The summed E-state index contributed by atoms with van der Waals surface area (Å²) in [7, 11) is 0. The molecule has 0 fully saturated rings. The van der Waals surface area contributed by atoms with E-state index in [0.717, 1.165) is 6.42 Å². The lowest BCUT2D eigenvalue weighted by atomic mass is 10.4. The first-order valence-corrected chi connectivity index (χ1v) is 3.41. The number of hydrogen-bond donors (Lipinski definition) is 2. The van der Waals surface area contributed by atoms with Crippen LogP contribution in [0.15, 0.2) is 10.7 Å². The Balaban J connectivity index is 2.67. The Morgan fingerprint density at radius 1 is 1.82 bits per heavy atom. The standard InChI is InChI=1S/C6H11N3O2/c1-2-3-9(7)5-4-8-11-6(5)10/h4,10H,2-3,7H2,1H3. The molecule has 0 spiro atoms. The molecule has 0 atom stereocenters. The van der Waals surface area contributed by atoms with Crippen molar-refractivity contribution < 1.29 is 9.63 Å². The van der Waals surface area contributed by atoms with Crippen molar-refractivity contribution in [2.75, 3.05) is 11.6 Å². The second-order valence-corrected chi connectivity index (χ2v) is 2.21. The van der Waals surface area contributed by atoms with Gasteiger partial charge in [0.1, 0.15) is 0 Å². The molecule has 1 aromatic rings. The highest BCUT2D eigenvalue weighted by Gasteiger charge is 2.09. The molecule has 1 heterocycles. The van der Waals surface area contributed by atoms with Gasteiger partial charge in [0, 0.05) is 6.54 Å². The van der Waals surface area contributed by atoms with Gasteiger partial charge in [-0.3, -0.25) is 0 Å². The molecule has 1 rings (SSSR count).